The quantitative estimate of drug-likeness (QED) is 0.824. The summed E-state index contributed by atoms with van der Waals surface area (Å²) in [5.41, 5.74) is 7.01. The molecule has 1 amide bonds. The van der Waals surface area contributed by atoms with Gasteiger partial charge in [0.2, 0.25) is 0 Å². The van der Waals surface area contributed by atoms with Crippen molar-refractivity contribution in [1.29, 1.82) is 0 Å². The van der Waals surface area contributed by atoms with E-state index in [1.54, 1.807) is 6.07 Å². The molecule has 0 radical (unpaired) electrons. The lowest BCUT2D eigenvalue weighted by Gasteiger charge is -2.38. The Morgan fingerprint density at radius 1 is 1.30 bits per heavy atom. The molecule has 5 heteroatoms. The van der Waals surface area contributed by atoms with E-state index in [1.165, 1.54) is 0 Å². The molecule has 1 fully saturated rings. The summed E-state index contributed by atoms with van der Waals surface area (Å²) in [6.45, 7) is 2.30. The number of carbonyl (C=O) groups excluding carboxylic acids is 1. The number of primary amides is 1. The molecule has 0 unspecified atom stereocenters. The minimum absolute atomic E-state index is 0.378. The van der Waals surface area contributed by atoms with Crippen molar-refractivity contribution in [2.45, 2.75) is 18.9 Å². The summed E-state index contributed by atoms with van der Waals surface area (Å²) in [6.07, 6.45) is 1.95. The molecule has 1 heterocycles. The number of amides is 1. The van der Waals surface area contributed by atoms with Crippen LogP contribution in [0.1, 0.15) is 23.2 Å². The lowest BCUT2D eigenvalue weighted by molar-refractivity contribution is 0.0823. The molecule has 1 aromatic rings. The van der Waals surface area contributed by atoms with Crippen molar-refractivity contribution in [2.75, 3.05) is 38.9 Å². The van der Waals surface area contributed by atoms with Gasteiger partial charge in [-0.2, -0.15) is 0 Å². The first-order chi connectivity index (χ1) is 9.59. The van der Waals surface area contributed by atoms with Gasteiger partial charge in [0.15, 0.2) is 0 Å². The number of nitrogens with zero attached hydrogens (tertiary/aromatic N) is 2. The number of benzene rings is 1. The van der Waals surface area contributed by atoms with Gasteiger partial charge < -0.3 is 15.4 Å². The van der Waals surface area contributed by atoms with Crippen molar-refractivity contribution < 1.29 is 9.53 Å². The summed E-state index contributed by atoms with van der Waals surface area (Å²) >= 11 is 0. The van der Waals surface area contributed by atoms with E-state index in [9.17, 15) is 4.79 Å². The number of hydrogen-bond acceptors (Lipinski definition) is 4. The Morgan fingerprint density at radius 3 is 2.55 bits per heavy atom. The van der Waals surface area contributed by atoms with E-state index in [0.29, 0.717) is 11.6 Å². The zero-order valence-electron chi connectivity index (χ0n) is 12.2. The molecule has 110 valence electrons. The minimum Gasteiger partial charge on any atom is -0.381 e. The van der Waals surface area contributed by atoms with Gasteiger partial charge >= 0.3 is 0 Å². The number of ether oxygens (including phenoxy) is 1. The predicted molar refractivity (Wildman–Crippen MR) is 79.8 cm³/mol. The Labute approximate surface area is 120 Å². The molecule has 0 aliphatic carbocycles. The van der Waals surface area contributed by atoms with Crippen LogP contribution in [0.3, 0.4) is 0 Å². The fourth-order valence-corrected chi connectivity index (χ4v) is 2.62. The summed E-state index contributed by atoms with van der Waals surface area (Å²) < 4.78 is 5.44. The van der Waals surface area contributed by atoms with Crippen LogP contribution in [-0.2, 0) is 4.74 Å². The van der Waals surface area contributed by atoms with Crippen LogP contribution >= 0.6 is 0 Å². The molecule has 5 nitrogen and oxygen atoms in total. The Hall–Kier alpha value is -1.59. The smallest absolute Gasteiger partial charge is 0.250 e. The summed E-state index contributed by atoms with van der Waals surface area (Å²) in [5, 5.41) is 0. The van der Waals surface area contributed by atoms with Crippen LogP contribution in [0.4, 0.5) is 5.69 Å². The van der Waals surface area contributed by atoms with Crippen molar-refractivity contribution in [2.24, 2.45) is 5.73 Å². The van der Waals surface area contributed by atoms with Crippen LogP contribution in [0.25, 0.3) is 0 Å². The maximum Gasteiger partial charge on any atom is 0.250 e. The fourth-order valence-electron chi connectivity index (χ4n) is 2.62. The monoisotopic (exact) mass is 277 g/mol. The Kier molecular flexibility index (Phi) is 4.98. The lowest BCUT2D eigenvalue weighted by atomic mass is 10.0. The number of para-hydroxylation sites is 1. The second kappa shape index (κ2) is 6.72. The van der Waals surface area contributed by atoms with Crippen molar-refractivity contribution in [3.05, 3.63) is 29.8 Å². The second-order valence-corrected chi connectivity index (χ2v) is 5.42. The van der Waals surface area contributed by atoms with Crippen molar-refractivity contribution in [3.63, 3.8) is 0 Å². The van der Waals surface area contributed by atoms with Crippen molar-refractivity contribution in [1.82, 2.24) is 4.90 Å². The van der Waals surface area contributed by atoms with Crippen LogP contribution in [0.15, 0.2) is 24.3 Å². The van der Waals surface area contributed by atoms with Crippen LogP contribution in [0.2, 0.25) is 0 Å². The Bertz CT molecular complexity index is 456. The molecular formula is C15H23N3O2. The number of nitrogens with two attached hydrogens (primary N) is 1. The van der Waals surface area contributed by atoms with E-state index in [1.807, 2.05) is 32.3 Å². The Balaban J connectivity index is 2.32. The first-order valence-electron chi connectivity index (χ1n) is 6.97. The van der Waals surface area contributed by atoms with Gasteiger partial charge in [-0.1, -0.05) is 12.1 Å². The van der Waals surface area contributed by atoms with Gasteiger partial charge in [-0.05, 0) is 39.1 Å². The maximum absolute atomic E-state index is 11.7. The molecule has 0 saturated carbocycles. The van der Waals surface area contributed by atoms with Crippen molar-refractivity contribution >= 4 is 11.6 Å². The molecule has 2 rings (SSSR count). The number of hydrogen-bond donors (Lipinski definition) is 1. The highest BCUT2D eigenvalue weighted by Gasteiger charge is 2.24. The first-order valence-corrected chi connectivity index (χ1v) is 6.97. The van der Waals surface area contributed by atoms with Gasteiger partial charge in [0, 0.05) is 19.3 Å². The van der Waals surface area contributed by atoms with Crippen LogP contribution in [-0.4, -0.2) is 50.8 Å². The van der Waals surface area contributed by atoms with Gasteiger partial charge in [-0.25, -0.2) is 0 Å². The van der Waals surface area contributed by atoms with E-state index in [2.05, 4.69) is 9.80 Å². The number of anilines is 1. The standard InChI is InChI=1S/C15H23N3O2/c1-17(2)11-18(12-7-9-20-10-8-12)14-6-4-3-5-13(14)15(16)19/h3-6,12H,7-11H2,1-2H3,(H2,16,19). The highest BCUT2D eigenvalue weighted by atomic mass is 16.5. The molecule has 2 N–H and O–H groups in total. The topological polar surface area (TPSA) is 58.8 Å². The van der Waals surface area contributed by atoms with Crippen molar-refractivity contribution in [3.8, 4) is 0 Å². The molecule has 0 spiro atoms. The number of carbonyl (C=O) groups is 1. The Morgan fingerprint density at radius 2 is 1.95 bits per heavy atom. The molecule has 20 heavy (non-hydrogen) atoms. The van der Waals surface area contributed by atoms with E-state index >= 15 is 0 Å². The minimum atomic E-state index is -0.378. The van der Waals surface area contributed by atoms with E-state index in [0.717, 1.165) is 38.4 Å². The lowest BCUT2D eigenvalue weighted by Crippen LogP contribution is -2.45. The average Bonchev–Trinajstić information content (AvgIpc) is 2.45. The first kappa shape index (κ1) is 14.8. The summed E-state index contributed by atoms with van der Waals surface area (Å²) in [7, 11) is 4.05. The zero-order chi connectivity index (χ0) is 14.5. The third-order valence-electron chi connectivity index (χ3n) is 3.55. The molecule has 1 aliphatic heterocycles. The third kappa shape index (κ3) is 3.49. The average molecular weight is 277 g/mol. The highest BCUT2D eigenvalue weighted by Crippen LogP contribution is 2.26. The fraction of sp³-hybridized carbons (Fsp3) is 0.533. The predicted octanol–water partition coefficient (Wildman–Crippen LogP) is 1.29. The van der Waals surface area contributed by atoms with E-state index in [4.69, 9.17) is 10.5 Å². The normalized spacial score (nSPS) is 16.4. The maximum atomic E-state index is 11.7. The third-order valence-corrected chi connectivity index (χ3v) is 3.55. The zero-order valence-corrected chi connectivity index (χ0v) is 12.2. The van der Waals surface area contributed by atoms with Crippen LogP contribution in [0.5, 0.6) is 0 Å². The van der Waals surface area contributed by atoms with E-state index in [-0.39, 0.29) is 5.91 Å². The van der Waals surface area contributed by atoms with Gasteiger partial charge in [0.1, 0.15) is 0 Å². The SMILES string of the molecule is CN(C)CN(c1ccccc1C(N)=O)C1CCOCC1. The second-order valence-electron chi connectivity index (χ2n) is 5.42. The largest absolute Gasteiger partial charge is 0.381 e. The van der Waals surface area contributed by atoms with Gasteiger partial charge in [-0.15, -0.1) is 0 Å². The highest BCUT2D eigenvalue weighted by molar-refractivity contribution is 5.98. The molecule has 0 bridgehead atoms. The molecule has 1 aromatic carbocycles. The molecule has 0 aromatic heterocycles. The number of rotatable bonds is 5. The molecule has 0 atom stereocenters. The summed E-state index contributed by atoms with van der Waals surface area (Å²) in [6, 6.07) is 7.94. The van der Waals surface area contributed by atoms with Gasteiger partial charge in [-0.3, -0.25) is 9.69 Å². The van der Waals surface area contributed by atoms with Crippen LogP contribution in [0, 0.1) is 0 Å². The summed E-state index contributed by atoms with van der Waals surface area (Å²) in [4.78, 5) is 16.0. The molecule has 1 saturated heterocycles. The van der Waals surface area contributed by atoms with E-state index < -0.39 is 0 Å². The van der Waals surface area contributed by atoms with Gasteiger partial charge in [0.25, 0.3) is 5.91 Å². The molecular weight excluding hydrogens is 254 g/mol. The van der Waals surface area contributed by atoms with Crippen LogP contribution < -0.4 is 10.6 Å². The van der Waals surface area contributed by atoms with Gasteiger partial charge in [0.05, 0.1) is 17.9 Å². The molecule has 1 aliphatic rings. The summed E-state index contributed by atoms with van der Waals surface area (Å²) in [5.74, 6) is -0.378.